The molecule has 7 nitrogen and oxygen atoms in total. The Morgan fingerprint density at radius 2 is 1.77 bits per heavy atom. The van der Waals surface area contributed by atoms with Crippen molar-refractivity contribution >= 4 is 16.9 Å². The number of benzene rings is 2. The molecule has 0 saturated heterocycles. The molecule has 3 N–H and O–H groups in total. The zero-order valence-electron chi connectivity index (χ0n) is 14.4. The minimum atomic E-state index is -0.733. The summed E-state index contributed by atoms with van der Waals surface area (Å²) in [5.74, 6) is 0.950. The number of aromatic nitrogens is 2. The van der Waals surface area contributed by atoms with Gasteiger partial charge in [0.1, 0.15) is 6.10 Å². The number of nitrogens with one attached hydrogen (secondary N) is 3. The number of hydrogen-bond acceptors (Lipinski definition) is 4. The Morgan fingerprint density at radius 3 is 2.54 bits per heavy atom. The zero-order valence-corrected chi connectivity index (χ0v) is 14.4. The van der Waals surface area contributed by atoms with E-state index in [2.05, 4.69) is 15.3 Å². The summed E-state index contributed by atoms with van der Waals surface area (Å²) < 4.78 is 11.6. The molecule has 3 aromatic rings. The van der Waals surface area contributed by atoms with Crippen LogP contribution < -0.4 is 20.5 Å². The van der Waals surface area contributed by atoms with Crippen LogP contribution in [0, 0.1) is 0 Å². The van der Waals surface area contributed by atoms with E-state index in [4.69, 9.17) is 9.47 Å². The second kappa shape index (κ2) is 6.25. The molecule has 1 aliphatic heterocycles. The molecule has 2 heterocycles. The number of aromatic amines is 2. The van der Waals surface area contributed by atoms with Gasteiger partial charge in [0.2, 0.25) is 6.10 Å². The smallest absolute Gasteiger partial charge is 0.323 e. The molecule has 0 fully saturated rings. The maximum absolute atomic E-state index is 12.7. The molecule has 0 spiro atoms. The molecule has 7 heteroatoms. The Kier molecular flexibility index (Phi) is 3.91. The van der Waals surface area contributed by atoms with E-state index in [1.54, 1.807) is 13.0 Å². The standard InChI is InChI=1S/C19H19N3O4/c1-10(12-7-8-13-14(9-12)22-19(24)21-13)20-18(23)17-11(2)25-15-5-3-4-6-16(15)26-17/h3-11,17H,1-2H3,(H,20,23)(H2,21,22,24)/t10-,11-,17-/m0/s1. The van der Waals surface area contributed by atoms with Crippen LogP contribution in [-0.2, 0) is 4.79 Å². The van der Waals surface area contributed by atoms with Crippen LogP contribution >= 0.6 is 0 Å². The highest BCUT2D eigenvalue weighted by Gasteiger charge is 2.34. The van der Waals surface area contributed by atoms with Crippen LogP contribution in [0.1, 0.15) is 25.5 Å². The molecular formula is C19H19N3O4. The average molecular weight is 353 g/mol. The first-order valence-electron chi connectivity index (χ1n) is 8.46. The van der Waals surface area contributed by atoms with Gasteiger partial charge in [0, 0.05) is 0 Å². The van der Waals surface area contributed by atoms with E-state index in [1.807, 2.05) is 43.3 Å². The van der Waals surface area contributed by atoms with E-state index >= 15 is 0 Å². The highest BCUT2D eigenvalue weighted by molar-refractivity contribution is 5.83. The Labute approximate surface area is 149 Å². The van der Waals surface area contributed by atoms with Crippen molar-refractivity contribution in [3.05, 3.63) is 58.5 Å². The van der Waals surface area contributed by atoms with Crippen LogP contribution in [0.4, 0.5) is 0 Å². The van der Waals surface area contributed by atoms with Crippen LogP contribution in [0.25, 0.3) is 11.0 Å². The second-order valence-electron chi connectivity index (χ2n) is 6.42. The van der Waals surface area contributed by atoms with Crippen molar-refractivity contribution in [1.82, 2.24) is 15.3 Å². The highest BCUT2D eigenvalue weighted by Crippen LogP contribution is 2.33. The van der Waals surface area contributed by atoms with Gasteiger partial charge in [-0.15, -0.1) is 0 Å². The molecule has 0 radical (unpaired) electrons. The predicted octanol–water partition coefficient (Wildman–Crippen LogP) is 2.26. The van der Waals surface area contributed by atoms with Gasteiger partial charge in [-0.3, -0.25) is 4.79 Å². The normalized spacial score (nSPS) is 19.9. The lowest BCUT2D eigenvalue weighted by Crippen LogP contribution is -2.49. The molecule has 0 unspecified atom stereocenters. The van der Waals surface area contributed by atoms with Gasteiger partial charge in [-0.2, -0.15) is 0 Å². The van der Waals surface area contributed by atoms with Gasteiger partial charge < -0.3 is 24.8 Å². The lowest BCUT2D eigenvalue weighted by Gasteiger charge is -2.31. The summed E-state index contributed by atoms with van der Waals surface area (Å²) in [6.45, 7) is 3.69. The van der Waals surface area contributed by atoms with Crippen molar-refractivity contribution in [2.75, 3.05) is 0 Å². The van der Waals surface area contributed by atoms with Crippen molar-refractivity contribution in [1.29, 1.82) is 0 Å². The van der Waals surface area contributed by atoms with Gasteiger partial charge in [-0.1, -0.05) is 18.2 Å². The van der Waals surface area contributed by atoms with Crippen LogP contribution in [0.5, 0.6) is 11.5 Å². The zero-order chi connectivity index (χ0) is 18.3. The predicted molar refractivity (Wildman–Crippen MR) is 96.4 cm³/mol. The largest absolute Gasteiger partial charge is 0.482 e. The number of rotatable bonds is 3. The topological polar surface area (TPSA) is 96.2 Å². The number of carbonyl (C=O) groups excluding carboxylic acids is 1. The van der Waals surface area contributed by atoms with Gasteiger partial charge >= 0.3 is 5.69 Å². The summed E-state index contributed by atoms with van der Waals surface area (Å²) >= 11 is 0. The number of ether oxygens (including phenoxy) is 2. The minimum Gasteiger partial charge on any atom is -0.482 e. The number of hydrogen-bond donors (Lipinski definition) is 3. The van der Waals surface area contributed by atoms with Crippen molar-refractivity contribution in [2.24, 2.45) is 0 Å². The summed E-state index contributed by atoms with van der Waals surface area (Å²) in [7, 11) is 0. The summed E-state index contributed by atoms with van der Waals surface area (Å²) in [4.78, 5) is 29.5. The van der Waals surface area contributed by atoms with Crippen molar-refractivity contribution in [3.63, 3.8) is 0 Å². The van der Waals surface area contributed by atoms with Crippen molar-refractivity contribution in [2.45, 2.75) is 32.1 Å². The van der Waals surface area contributed by atoms with Gasteiger partial charge in [0.25, 0.3) is 5.91 Å². The molecule has 0 aliphatic carbocycles. The fourth-order valence-corrected chi connectivity index (χ4v) is 3.10. The number of para-hydroxylation sites is 2. The Balaban J connectivity index is 1.50. The first-order chi connectivity index (χ1) is 12.5. The third kappa shape index (κ3) is 2.92. The number of fused-ring (bicyclic) bond motifs is 2. The van der Waals surface area contributed by atoms with E-state index in [9.17, 15) is 9.59 Å². The molecule has 1 aliphatic rings. The number of imidazole rings is 1. The second-order valence-corrected chi connectivity index (χ2v) is 6.42. The quantitative estimate of drug-likeness (QED) is 0.673. The molecule has 1 aromatic heterocycles. The first-order valence-corrected chi connectivity index (χ1v) is 8.46. The summed E-state index contributed by atoms with van der Waals surface area (Å²) in [5, 5.41) is 2.95. The summed E-state index contributed by atoms with van der Waals surface area (Å²) in [5.41, 5.74) is 2.06. The molecular weight excluding hydrogens is 334 g/mol. The van der Waals surface area contributed by atoms with Crippen LogP contribution in [-0.4, -0.2) is 28.1 Å². The third-order valence-electron chi connectivity index (χ3n) is 4.50. The molecule has 1 amide bonds. The number of carbonyl (C=O) groups is 1. The lowest BCUT2D eigenvalue weighted by molar-refractivity contribution is -0.134. The SMILES string of the molecule is C[C@H](NC(=O)[C@H]1Oc2ccccc2O[C@H]1C)c1ccc2[nH]c(=O)[nH]c2c1. The van der Waals surface area contributed by atoms with E-state index in [0.29, 0.717) is 17.0 Å². The molecule has 4 rings (SSSR count). The van der Waals surface area contributed by atoms with E-state index < -0.39 is 12.2 Å². The van der Waals surface area contributed by atoms with Crippen molar-refractivity contribution in [3.8, 4) is 11.5 Å². The third-order valence-corrected chi connectivity index (χ3v) is 4.50. The average Bonchev–Trinajstić information content (AvgIpc) is 3.00. The van der Waals surface area contributed by atoms with Crippen molar-refractivity contribution < 1.29 is 14.3 Å². The fourth-order valence-electron chi connectivity index (χ4n) is 3.10. The Bertz CT molecular complexity index is 1020. The molecule has 2 aromatic carbocycles. The fraction of sp³-hybridized carbons (Fsp3) is 0.263. The minimum absolute atomic E-state index is 0.248. The van der Waals surface area contributed by atoms with Gasteiger partial charge in [-0.25, -0.2) is 4.79 Å². The Morgan fingerprint density at radius 1 is 1.08 bits per heavy atom. The van der Waals surface area contributed by atoms with Crippen LogP contribution in [0.3, 0.4) is 0 Å². The number of amides is 1. The lowest BCUT2D eigenvalue weighted by atomic mass is 10.1. The Hall–Kier alpha value is -3.22. The first kappa shape index (κ1) is 16.3. The van der Waals surface area contributed by atoms with E-state index in [1.165, 1.54) is 0 Å². The van der Waals surface area contributed by atoms with E-state index in [-0.39, 0.29) is 17.6 Å². The summed E-state index contributed by atoms with van der Waals surface area (Å²) in [6, 6.07) is 12.6. The molecule has 26 heavy (non-hydrogen) atoms. The van der Waals surface area contributed by atoms with Crippen LogP contribution in [0.15, 0.2) is 47.3 Å². The molecule has 0 saturated carbocycles. The van der Waals surface area contributed by atoms with Gasteiger partial charge in [0.05, 0.1) is 17.1 Å². The van der Waals surface area contributed by atoms with E-state index in [0.717, 1.165) is 11.1 Å². The maximum Gasteiger partial charge on any atom is 0.323 e. The van der Waals surface area contributed by atoms with Gasteiger partial charge in [0.15, 0.2) is 11.5 Å². The number of H-pyrrole nitrogens is 2. The maximum atomic E-state index is 12.7. The highest BCUT2D eigenvalue weighted by atomic mass is 16.6. The summed E-state index contributed by atoms with van der Waals surface area (Å²) in [6.07, 6.45) is -1.14. The molecule has 0 bridgehead atoms. The monoisotopic (exact) mass is 353 g/mol. The molecule has 134 valence electrons. The molecule has 3 atom stereocenters. The van der Waals surface area contributed by atoms with Gasteiger partial charge in [-0.05, 0) is 43.7 Å². The van der Waals surface area contributed by atoms with Crippen LogP contribution in [0.2, 0.25) is 0 Å².